The van der Waals surface area contributed by atoms with Crippen LogP contribution in [0.2, 0.25) is 0 Å². The number of amides is 4. The van der Waals surface area contributed by atoms with E-state index in [2.05, 4.69) is 5.32 Å². The third kappa shape index (κ3) is 3.10. The van der Waals surface area contributed by atoms with Crippen LogP contribution in [0.3, 0.4) is 0 Å². The van der Waals surface area contributed by atoms with E-state index in [1.54, 1.807) is 11.3 Å². The molecule has 3 heterocycles. The molecule has 1 atom stereocenters. The number of carbonyl (C=O) groups is 3. The van der Waals surface area contributed by atoms with E-state index in [-0.39, 0.29) is 36.9 Å². The Labute approximate surface area is 173 Å². The molecule has 3 fully saturated rings. The average molecular weight is 413 g/mol. The molecule has 1 spiro atoms. The van der Waals surface area contributed by atoms with E-state index >= 15 is 0 Å². The van der Waals surface area contributed by atoms with Crippen molar-refractivity contribution < 1.29 is 14.4 Å². The average Bonchev–Trinajstić information content (AvgIpc) is 3.48. The van der Waals surface area contributed by atoms with E-state index < -0.39 is 5.54 Å². The predicted molar refractivity (Wildman–Crippen MR) is 109 cm³/mol. The number of rotatable bonds is 4. The molecule has 0 bridgehead atoms. The van der Waals surface area contributed by atoms with Crippen LogP contribution in [-0.4, -0.2) is 51.3 Å². The standard InChI is InChI=1S/C21H24N4O3S/c26-17(9-13-25-19(27)21(23-20(25)28)10-3-4-11-21)24-12-5-7-15(24)18-22-14-6-1-2-8-16(14)29-18/h1-2,6,8,15H,3-5,7,9-13H2,(H,23,28)/t15-/m0/s1. The number of para-hydroxylation sites is 1. The largest absolute Gasteiger partial charge is 0.333 e. The van der Waals surface area contributed by atoms with Crippen LogP contribution in [0.15, 0.2) is 24.3 Å². The second-order valence-electron chi connectivity index (χ2n) is 8.19. The van der Waals surface area contributed by atoms with Gasteiger partial charge in [-0.3, -0.25) is 14.5 Å². The minimum atomic E-state index is -0.711. The Morgan fingerprint density at radius 1 is 1.21 bits per heavy atom. The van der Waals surface area contributed by atoms with Crippen LogP contribution < -0.4 is 5.32 Å². The Bertz CT molecular complexity index is 948. The van der Waals surface area contributed by atoms with Crippen LogP contribution in [0.25, 0.3) is 10.2 Å². The fourth-order valence-electron chi connectivity index (χ4n) is 4.90. The predicted octanol–water partition coefficient (Wildman–Crippen LogP) is 3.21. The molecule has 2 aliphatic heterocycles. The number of likely N-dealkylation sites (tertiary alicyclic amines) is 1. The molecule has 8 heteroatoms. The summed E-state index contributed by atoms with van der Waals surface area (Å²) in [7, 11) is 0. The zero-order chi connectivity index (χ0) is 20.0. The summed E-state index contributed by atoms with van der Waals surface area (Å²) in [6, 6.07) is 7.65. The number of thiazole rings is 1. The van der Waals surface area contributed by atoms with Gasteiger partial charge in [-0.05, 0) is 37.8 Å². The van der Waals surface area contributed by atoms with E-state index in [4.69, 9.17) is 4.98 Å². The molecule has 3 aliphatic rings. The van der Waals surface area contributed by atoms with E-state index in [0.29, 0.717) is 19.4 Å². The number of nitrogens with zero attached hydrogens (tertiary/aromatic N) is 3. The maximum atomic E-state index is 13.0. The van der Waals surface area contributed by atoms with Crippen LogP contribution >= 0.6 is 11.3 Å². The van der Waals surface area contributed by atoms with Crippen molar-refractivity contribution in [2.45, 2.75) is 56.5 Å². The maximum absolute atomic E-state index is 13.0. The molecule has 2 aromatic rings. The lowest BCUT2D eigenvalue weighted by molar-refractivity contribution is -0.134. The molecule has 0 unspecified atom stereocenters. The first-order valence-corrected chi connectivity index (χ1v) is 11.2. The summed E-state index contributed by atoms with van der Waals surface area (Å²) in [5.74, 6) is -0.170. The molecule has 7 nitrogen and oxygen atoms in total. The molecule has 0 radical (unpaired) electrons. The molecule has 1 aliphatic carbocycles. The fraction of sp³-hybridized carbons (Fsp3) is 0.524. The smallest absolute Gasteiger partial charge is 0.325 e. The number of hydrogen-bond acceptors (Lipinski definition) is 5. The van der Waals surface area contributed by atoms with Gasteiger partial charge >= 0.3 is 6.03 Å². The number of hydrogen-bond donors (Lipinski definition) is 1. The summed E-state index contributed by atoms with van der Waals surface area (Å²) in [4.78, 5) is 45.9. The second-order valence-corrected chi connectivity index (χ2v) is 9.25. The number of imide groups is 1. The van der Waals surface area contributed by atoms with Crippen molar-refractivity contribution in [3.8, 4) is 0 Å². The highest BCUT2D eigenvalue weighted by Crippen LogP contribution is 2.37. The molecule has 5 rings (SSSR count). The molecular weight excluding hydrogens is 388 g/mol. The first kappa shape index (κ1) is 18.5. The zero-order valence-electron chi connectivity index (χ0n) is 16.2. The number of nitrogens with one attached hydrogen (secondary N) is 1. The van der Waals surface area contributed by atoms with Crippen LogP contribution in [-0.2, 0) is 9.59 Å². The Morgan fingerprint density at radius 2 is 2.00 bits per heavy atom. The van der Waals surface area contributed by atoms with E-state index in [1.165, 1.54) is 4.90 Å². The molecule has 1 aromatic heterocycles. The van der Waals surface area contributed by atoms with Gasteiger partial charge in [-0.15, -0.1) is 11.3 Å². The van der Waals surface area contributed by atoms with Gasteiger partial charge in [-0.25, -0.2) is 9.78 Å². The first-order valence-electron chi connectivity index (χ1n) is 10.4. The van der Waals surface area contributed by atoms with Gasteiger partial charge in [0, 0.05) is 19.5 Å². The number of benzene rings is 1. The fourth-order valence-corrected chi connectivity index (χ4v) is 6.02. The summed E-state index contributed by atoms with van der Waals surface area (Å²) >= 11 is 1.64. The number of urea groups is 1. The normalized spacial score (nSPS) is 23.5. The van der Waals surface area contributed by atoms with Crippen molar-refractivity contribution in [1.29, 1.82) is 0 Å². The lowest BCUT2D eigenvalue weighted by atomic mass is 9.98. The maximum Gasteiger partial charge on any atom is 0.325 e. The topological polar surface area (TPSA) is 82.6 Å². The molecular formula is C21H24N4O3S. The van der Waals surface area contributed by atoms with E-state index in [9.17, 15) is 14.4 Å². The summed E-state index contributed by atoms with van der Waals surface area (Å²) in [5.41, 5.74) is 0.255. The minimum Gasteiger partial charge on any atom is -0.333 e. The lowest BCUT2D eigenvalue weighted by Gasteiger charge is -2.24. The number of aromatic nitrogens is 1. The second kappa shape index (κ2) is 7.09. The van der Waals surface area contributed by atoms with Crippen LogP contribution in [0.1, 0.15) is 56.0 Å². The number of carbonyl (C=O) groups excluding carboxylic acids is 3. The van der Waals surface area contributed by atoms with Gasteiger partial charge in [0.15, 0.2) is 0 Å². The molecule has 1 N–H and O–H groups in total. The van der Waals surface area contributed by atoms with Crippen LogP contribution in [0.5, 0.6) is 0 Å². The lowest BCUT2D eigenvalue weighted by Crippen LogP contribution is -2.44. The highest BCUT2D eigenvalue weighted by atomic mass is 32.1. The van der Waals surface area contributed by atoms with Gasteiger partial charge in [-0.1, -0.05) is 25.0 Å². The minimum absolute atomic E-state index is 0.0100. The van der Waals surface area contributed by atoms with Gasteiger partial charge in [0.25, 0.3) is 5.91 Å². The molecule has 152 valence electrons. The molecule has 2 saturated heterocycles. The Balaban J connectivity index is 1.27. The summed E-state index contributed by atoms with van der Waals surface area (Å²) in [6.07, 6.45) is 5.32. The molecule has 4 amide bonds. The van der Waals surface area contributed by atoms with Crippen molar-refractivity contribution in [1.82, 2.24) is 20.1 Å². The summed E-state index contributed by atoms with van der Waals surface area (Å²) in [6.45, 7) is 0.845. The number of fused-ring (bicyclic) bond motifs is 1. The van der Waals surface area contributed by atoms with Gasteiger partial charge in [-0.2, -0.15) is 0 Å². The third-order valence-corrected chi connectivity index (χ3v) is 7.56. The Hall–Kier alpha value is -2.48. The van der Waals surface area contributed by atoms with Crippen molar-refractivity contribution in [3.63, 3.8) is 0 Å². The van der Waals surface area contributed by atoms with Crippen molar-refractivity contribution in [2.75, 3.05) is 13.1 Å². The van der Waals surface area contributed by atoms with Crippen molar-refractivity contribution >= 4 is 39.4 Å². The Morgan fingerprint density at radius 3 is 2.79 bits per heavy atom. The van der Waals surface area contributed by atoms with Crippen LogP contribution in [0.4, 0.5) is 4.79 Å². The quantitative estimate of drug-likeness (QED) is 0.782. The van der Waals surface area contributed by atoms with Crippen molar-refractivity contribution in [2.24, 2.45) is 0 Å². The summed E-state index contributed by atoms with van der Waals surface area (Å²) < 4.78 is 1.13. The van der Waals surface area contributed by atoms with E-state index in [0.717, 1.165) is 40.9 Å². The van der Waals surface area contributed by atoms with Gasteiger partial charge in [0.05, 0.1) is 16.3 Å². The molecule has 1 aromatic carbocycles. The first-order chi connectivity index (χ1) is 14.1. The monoisotopic (exact) mass is 412 g/mol. The van der Waals surface area contributed by atoms with Gasteiger partial charge in [0.1, 0.15) is 10.5 Å². The Kier molecular flexibility index (Phi) is 4.53. The summed E-state index contributed by atoms with van der Waals surface area (Å²) in [5, 5.41) is 3.85. The third-order valence-electron chi connectivity index (χ3n) is 6.42. The van der Waals surface area contributed by atoms with Crippen LogP contribution in [0, 0.1) is 0 Å². The van der Waals surface area contributed by atoms with E-state index in [1.807, 2.05) is 29.2 Å². The zero-order valence-corrected chi connectivity index (χ0v) is 17.0. The van der Waals surface area contributed by atoms with Crippen molar-refractivity contribution in [3.05, 3.63) is 29.3 Å². The van der Waals surface area contributed by atoms with Gasteiger partial charge in [0.2, 0.25) is 5.91 Å². The molecule has 1 saturated carbocycles. The highest BCUT2D eigenvalue weighted by molar-refractivity contribution is 7.18. The molecule has 29 heavy (non-hydrogen) atoms. The van der Waals surface area contributed by atoms with Gasteiger partial charge < -0.3 is 10.2 Å². The SMILES string of the molecule is O=C1NC2(CCCC2)C(=O)N1CCC(=O)N1CCC[C@H]1c1nc2ccccc2s1. The highest BCUT2D eigenvalue weighted by Gasteiger charge is 2.52.